The maximum atomic E-state index is 9.60. The molecule has 0 saturated heterocycles. The highest BCUT2D eigenvalue weighted by Gasteiger charge is 2.15. The highest BCUT2D eigenvalue weighted by Crippen LogP contribution is 2.39. The summed E-state index contributed by atoms with van der Waals surface area (Å²) in [6.45, 7) is 0. The first-order chi connectivity index (χ1) is 10.7. The monoisotopic (exact) mass is 344 g/mol. The summed E-state index contributed by atoms with van der Waals surface area (Å²) in [4.78, 5) is 11.0. The molecular formula is C16H9ClN2OS2. The normalized spacial score (nSPS) is 11.1. The van der Waals surface area contributed by atoms with Gasteiger partial charge in [-0.1, -0.05) is 29.8 Å². The van der Waals surface area contributed by atoms with Gasteiger partial charge in [-0.3, -0.25) is 0 Å². The average molecular weight is 345 g/mol. The highest BCUT2D eigenvalue weighted by atomic mass is 35.5. The van der Waals surface area contributed by atoms with Gasteiger partial charge in [0, 0.05) is 21.4 Å². The van der Waals surface area contributed by atoms with Crippen LogP contribution in [0.1, 0.15) is 0 Å². The van der Waals surface area contributed by atoms with Crippen LogP contribution in [-0.2, 0) is 0 Å². The van der Waals surface area contributed by atoms with Gasteiger partial charge in [-0.15, -0.1) is 22.7 Å². The maximum Gasteiger partial charge on any atom is 0.162 e. The van der Waals surface area contributed by atoms with Gasteiger partial charge in [-0.25, -0.2) is 9.97 Å². The molecule has 0 amide bonds. The first kappa shape index (κ1) is 13.7. The van der Waals surface area contributed by atoms with Crippen LogP contribution in [0.25, 0.3) is 32.0 Å². The fourth-order valence-electron chi connectivity index (χ4n) is 2.29. The predicted molar refractivity (Wildman–Crippen MR) is 92.8 cm³/mol. The topological polar surface area (TPSA) is 46.0 Å². The summed E-state index contributed by atoms with van der Waals surface area (Å²) < 4.78 is 0. The van der Waals surface area contributed by atoms with E-state index in [0.717, 1.165) is 26.2 Å². The second kappa shape index (κ2) is 5.35. The van der Waals surface area contributed by atoms with E-state index in [-0.39, 0.29) is 5.75 Å². The molecule has 4 rings (SSSR count). The Morgan fingerprint density at radius 2 is 1.95 bits per heavy atom. The van der Waals surface area contributed by atoms with E-state index in [0.29, 0.717) is 11.0 Å². The molecule has 0 spiro atoms. The molecule has 1 aromatic carbocycles. The second-order valence-electron chi connectivity index (χ2n) is 4.70. The molecule has 0 unspecified atom stereocenters. The summed E-state index contributed by atoms with van der Waals surface area (Å²) in [6, 6.07) is 10.9. The number of phenolic OH excluding ortho intramolecular Hbond substituents is 1. The smallest absolute Gasteiger partial charge is 0.162 e. The van der Waals surface area contributed by atoms with Gasteiger partial charge in [0.1, 0.15) is 15.7 Å². The number of aromatic hydroxyl groups is 1. The van der Waals surface area contributed by atoms with E-state index in [9.17, 15) is 5.11 Å². The van der Waals surface area contributed by atoms with Crippen molar-refractivity contribution < 1.29 is 5.11 Å². The van der Waals surface area contributed by atoms with E-state index in [1.807, 2.05) is 17.5 Å². The molecule has 3 heterocycles. The Labute approximate surface area is 139 Å². The van der Waals surface area contributed by atoms with Gasteiger partial charge in [-0.2, -0.15) is 0 Å². The molecule has 0 aliphatic carbocycles. The summed E-state index contributed by atoms with van der Waals surface area (Å²) in [6.07, 6.45) is 0. The molecule has 0 atom stereocenters. The zero-order valence-corrected chi connectivity index (χ0v) is 13.5. The fourth-order valence-corrected chi connectivity index (χ4v) is 4.38. The van der Waals surface area contributed by atoms with Crippen LogP contribution in [0.4, 0.5) is 0 Å². The Morgan fingerprint density at radius 1 is 1.05 bits per heavy atom. The van der Waals surface area contributed by atoms with E-state index in [4.69, 9.17) is 11.6 Å². The van der Waals surface area contributed by atoms with Crippen LogP contribution < -0.4 is 0 Å². The molecule has 4 aromatic rings. The van der Waals surface area contributed by atoms with Crippen molar-refractivity contribution in [3.8, 4) is 27.6 Å². The first-order valence-corrected chi connectivity index (χ1v) is 8.64. The molecule has 108 valence electrons. The third kappa shape index (κ3) is 2.27. The SMILES string of the molecule is Oc1cccc(-c2nc(Cl)c3c(-c4cccs4)csc3n2)c1. The lowest BCUT2D eigenvalue weighted by molar-refractivity contribution is 0.475. The standard InChI is InChI=1S/C16H9ClN2OS2/c17-14-13-11(12-5-2-6-21-12)8-22-16(13)19-15(18-14)9-3-1-4-10(20)7-9/h1-8,20H. The third-order valence-electron chi connectivity index (χ3n) is 3.28. The summed E-state index contributed by atoms with van der Waals surface area (Å²) in [5, 5.41) is 15.0. The van der Waals surface area contributed by atoms with Crippen LogP contribution in [-0.4, -0.2) is 15.1 Å². The number of nitrogens with zero attached hydrogens (tertiary/aromatic N) is 2. The largest absolute Gasteiger partial charge is 0.508 e. The average Bonchev–Trinajstić information content (AvgIpc) is 3.16. The first-order valence-electron chi connectivity index (χ1n) is 6.50. The van der Waals surface area contributed by atoms with Crippen LogP contribution in [0.5, 0.6) is 5.75 Å². The minimum atomic E-state index is 0.183. The molecule has 0 radical (unpaired) electrons. The van der Waals surface area contributed by atoms with Gasteiger partial charge < -0.3 is 5.11 Å². The van der Waals surface area contributed by atoms with Crippen LogP contribution in [0.2, 0.25) is 5.15 Å². The quantitative estimate of drug-likeness (QED) is 0.492. The van der Waals surface area contributed by atoms with Crippen molar-refractivity contribution in [2.24, 2.45) is 0 Å². The fraction of sp³-hybridized carbons (Fsp3) is 0. The van der Waals surface area contributed by atoms with E-state index in [2.05, 4.69) is 21.4 Å². The lowest BCUT2D eigenvalue weighted by Crippen LogP contribution is -1.90. The molecule has 0 aliphatic heterocycles. The molecule has 0 aliphatic rings. The molecular weight excluding hydrogens is 336 g/mol. The van der Waals surface area contributed by atoms with E-state index >= 15 is 0 Å². The van der Waals surface area contributed by atoms with Crippen molar-refractivity contribution in [3.05, 3.63) is 52.3 Å². The number of rotatable bonds is 2. The van der Waals surface area contributed by atoms with Crippen molar-refractivity contribution in [3.63, 3.8) is 0 Å². The van der Waals surface area contributed by atoms with Crippen LogP contribution in [0.3, 0.4) is 0 Å². The Bertz CT molecular complexity index is 964. The minimum absolute atomic E-state index is 0.183. The van der Waals surface area contributed by atoms with Crippen molar-refractivity contribution in [1.29, 1.82) is 0 Å². The minimum Gasteiger partial charge on any atom is -0.508 e. The number of halogens is 1. The molecule has 0 bridgehead atoms. The van der Waals surface area contributed by atoms with Crippen LogP contribution >= 0.6 is 34.3 Å². The van der Waals surface area contributed by atoms with Crippen molar-refractivity contribution in [2.45, 2.75) is 0 Å². The molecule has 1 N–H and O–H groups in total. The Morgan fingerprint density at radius 3 is 2.73 bits per heavy atom. The zero-order chi connectivity index (χ0) is 15.1. The Hall–Kier alpha value is -1.95. The predicted octanol–water partition coefficient (Wildman–Crippen LogP) is 5.45. The Balaban J connectivity index is 1.92. The van der Waals surface area contributed by atoms with Gasteiger partial charge in [-0.05, 0) is 23.6 Å². The van der Waals surface area contributed by atoms with Gasteiger partial charge >= 0.3 is 0 Å². The lowest BCUT2D eigenvalue weighted by atomic mass is 10.2. The number of aromatic nitrogens is 2. The molecule has 6 heteroatoms. The number of benzene rings is 1. The van der Waals surface area contributed by atoms with Crippen molar-refractivity contribution in [1.82, 2.24) is 9.97 Å². The number of hydrogen-bond donors (Lipinski definition) is 1. The Kier molecular flexibility index (Phi) is 3.33. The number of hydrogen-bond acceptors (Lipinski definition) is 5. The molecule has 0 saturated carbocycles. The van der Waals surface area contributed by atoms with E-state index in [1.165, 1.54) is 0 Å². The molecule has 22 heavy (non-hydrogen) atoms. The number of fused-ring (bicyclic) bond motifs is 1. The lowest BCUT2D eigenvalue weighted by Gasteiger charge is -2.03. The van der Waals surface area contributed by atoms with Gasteiger partial charge in [0.15, 0.2) is 5.82 Å². The summed E-state index contributed by atoms with van der Waals surface area (Å²) in [5.74, 6) is 0.704. The highest BCUT2D eigenvalue weighted by molar-refractivity contribution is 7.18. The van der Waals surface area contributed by atoms with Gasteiger partial charge in [0.05, 0.1) is 5.39 Å². The molecule has 3 aromatic heterocycles. The maximum absolute atomic E-state index is 9.60. The summed E-state index contributed by atoms with van der Waals surface area (Å²) in [5.41, 5.74) is 1.82. The van der Waals surface area contributed by atoms with Crippen molar-refractivity contribution >= 4 is 44.5 Å². The summed E-state index contributed by atoms with van der Waals surface area (Å²) in [7, 11) is 0. The van der Waals surface area contributed by atoms with Crippen LogP contribution in [0, 0.1) is 0 Å². The molecule has 3 nitrogen and oxygen atoms in total. The number of phenols is 1. The summed E-state index contributed by atoms with van der Waals surface area (Å²) >= 11 is 9.63. The second-order valence-corrected chi connectivity index (χ2v) is 6.86. The van der Waals surface area contributed by atoms with E-state index in [1.54, 1.807) is 40.9 Å². The zero-order valence-electron chi connectivity index (χ0n) is 11.2. The van der Waals surface area contributed by atoms with Crippen molar-refractivity contribution in [2.75, 3.05) is 0 Å². The third-order valence-corrected chi connectivity index (χ3v) is 5.33. The molecule has 0 fully saturated rings. The number of thiophene rings is 2. The van der Waals surface area contributed by atoms with Gasteiger partial charge in [0.25, 0.3) is 0 Å². The van der Waals surface area contributed by atoms with Gasteiger partial charge in [0.2, 0.25) is 0 Å². The van der Waals surface area contributed by atoms with E-state index < -0.39 is 0 Å². The van der Waals surface area contributed by atoms with Crippen LogP contribution in [0.15, 0.2) is 47.2 Å².